The number of benzene rings is 4. The van der Waals surface area contributed by atoms with Crippen LogP contribution in [0.5, 0.6) is 0 Å². The van der Waals surface area contributed by atoms with E-state index in [-0.39, 0.29) is 24.8 Å². The van der Waals surface area contributed by atoms with Gasteiger partial charge in [0.05, 0.1) is 0 Å². The number of rotatable bonds is 5. The predicted molar refractivity (Wildman–Crippen MR) is 190 cm³/mol. The first-order valence-electron chi connectivity index (χ1n) is 16.1. The molecule has 0 aromatic heterocycles. The number of halogens is 2. The third-order valence-corrected chi connectivity index (χ3v) is 10.0. The Bertz CT molecular complexity index is 1660. The number of allylic oxidation sites excluding steroid dienone is 4. The van der Waals surface area contributed by atoms with Crippen LogP contribution < -0.4 is 24.8 Å². The molecule has 0 amide bonds. The summed E-state index contributed by atoms with van der Waals surface area (Å²) in [6, 6.07) is 32.7. The molecule has 3 heteroatoms. The summed E-state index contributed by atoms with van der Waals surface area (Å²) in [5, 5.41) is 5.53. The van der Waals surface area contributed by atoms with E-state index in [1.54, 1.807) is 0 Å². The van der Waals surface area contributed by atoms with Gasteiger partial charge in [0.2, 0.25) is 0 Å². The number of unbranched alkanes of at least 4 members (excludes halogenated alkanes) is 1. The summed E-state index contributed by atoms with van der Waals surface area (Å²) in [5.41, 5.74) is 9.92. The van der Waals surface area contributed by atoms with Crippen LogP contribution in [0.3, 0.4) is 0 Å². The minimum absolute atomic E-state index is 0. The van der Waals surface area contributed by atoms with Crippen molar-refractivity contribution >= 4 is 24.8 Å². The summed E-state index contributed by atoms with van der Waals surface area (Å²) in [6.45, 7) is 17.8. The van der Waals surface area contributed by atoms with Gasteiger partial charge in [-0.15, -0.1) is 39.7 Å². The molecule has 1 aliphatic rings. The number of hydrogen-bond acceptors (Lipinski definition) is 0. The Morgan fingerprint density at radius 2 is 1.15 bits per heavy atom. The predicted octanol–water partition coefficient (Wildman–Crippen LogP) is 5.89. The maximum atomic E-state index is 3.43. The minimum atomic E-state index is 0. The first-order chi connectivity index (χ1) is 21.0. The van der Waals surface area contributed by atoms with Gasteiger partial charge in [-0.05, 0) is 27.7 Å². The van der Waals surface area contributed by atoms with Gasteiger partial charge in [-0.1, -0.05) is 92.7 Å². The van der Waals surface area contributed by atoms with Crippen LogP contribution in [0, 0.1) is 45.1 Å². The summed E-state index contributed by atoms with van der Waals surface area (Å²) in [4.78, 5) is 0. The summed E-state index contributed by atoms with van der Waals surface area (Å²) in [5.74, 6) is 0.592. The van der Waals surface area contributed by atoms with Crippen LogP contribution in [0.25, 0.3) is 21.5 Å². The molecule has 0 aliphatic heterocycles. The van der Waals surface area contributed by atoms with E-state index < -0.39 is 0 Å². The van der Waals surface area contributed by atoms with Crippen molar-refractivity contribution in [3.63, 3.8) is 0 Å². The van der Waals surface area contributed by atoms with Gasteiger partial charge in [0.25, 0.3) is 0 Å². The molecule has 0 saturated heterocycles. The maximum absolute atomic E-state index is 3.43. The Morgan fingerprint density at radius 1 is 0.717 bits per heavy atom. The Balaban J connectivity index is 0.000000238. The zero-order valence-corrected chi connectivity index (χ0v) is 32.7. The van der Waals surface area contributed by atoms with E-state index in [0.717, 1.165) is 0 Å². The fourth-order valence-electron chi connectivity index (χ4n) is 5.49. The van der Waals surface area contributed by atoms with E-state index >= 15 is 0 Å². The molecule has 0 nitrogen and oxygen atoms in total. The molecule has 0 heterocycles. The van der Waals surface area contributed by atoms with Crippen molar-refractivity contribution in [1.82, 2.24) is 0 Å². The number of fused-ring (bicyclic) bond motifs is 3. The number of aryl methyl sites for hydroxylation is 4. The Morgan fingerprint density at radius 3 is 1.54 bits per heavy atom. The van der Waals surface area contributed by atoms with Crippen LogP contribution in [0.4, 0.5) is 0 Å². The molecule has 0 saturated carbocycles. The topological polar surface area (TPSA) is 0 Å². The van der Waals surface area contributed by atoms with Gasteiger partial charge in [-0.3, -0.25) is 6.08 Å². The molecule has 1 atom stereocenters. The molecule has 0 N–H and O–H groups in total. The Labute approximate surface area is 305 Å². The third kappa shape index (κ3) is 10.5. The monoisotopic (exact) mass is 724 g/mol. The molecule has 0 radical (unpaired) electrons. The summed E-state index contributed by atoms with van der Waals surface area (Å²) in [6.07, 6.45) is 11.9. The molecular formula is C43H48Cl2Zr-2. The fourth-order valence-corrected chi connectivity index (χ4v) is 6.31. The van der Waals surface area contributed by atoms with Crippen LogP contribution in [0.2, 0.25) is 0 Å². The SMILES string of the molecule is CCCCC1[C-]=CC(C(C)(C)C)=C1.Cc1cc2[cH-]c3cc(C)c(C)cc3c2cc1C.[Cl-].[Cl-].[Zr+2]=[C](c1ccccc1)c1ccccc1. The van der Waals surface area contributed by atoms with Gasteiger partial charge in [0.15, 0.2) is 0 Å². The molecule has 0 spiro atoms. The van der Waals surface area contributed by atoms with E-state index in [0.29, 0.717) is 11.3 Å². The van der Waals surface area contributed by atoms with Crippen LogP contribution in [0.1, 0.15) is 80.3 Å². The molecule has 5 aromatic carbocycles. The third-order valence-electron chi connectivity index (χ3n) is 8.63. The van der Waals surface area contributed by atoms with Crippen molar-refractivity contribution < 1.29 is 49.0 Å². The summed E-state index contributed by atoms with van der Waals surface area (Å²) < 4.78 is 1.42. The first kappa shape index (κ1) is 39.7. The normalized spacial score (nSPS) is 13.5. The van der Waals surface area contributed by atoms with Gasteiger partial charge in [0.1, 0.15) is 0 Å². The van der Waals surface area contributed by atoms with E-state index in [4.69, 9.17) is 0 Å². The van der Waals surface area contributed by atoms with Crippen LogP contribution in [-0.4, -0.2) is 3.21 Å². The van der Waals surface area contributed by atoms with Gasteiger partial charge in [0, 0.05) is 0 Å². The van der Waals surface area contributed by atoms with Gasteiger partial charge in [-0.25, -0.2) is 6.08 Å². The number of hydrogen-bond donors (Lipinski definition) is 0. The molecule has 0 bridgehead atoms. The molecule has 0 fully saturated rings. The average Bonchev–Trinajstić information content (AvgIpc) is 3.63. The fraction of sp³-hybridized carbons (Fsp3) is 0.302. The van der Waals surface area contributed by atoms with Crippen LogP contribution >= 0.6 is 0 Å². The van der Waals surface area contributed by atoms with E-state index in [1.165, 1.54) is 107 Å². The van der Waals surface area contributed by atoms with Crippen LogP contribution in [-0.2, 0) is 24.2 Å². The van der Waals surface area contributed by atoms with Crippen molar-refractivity contribution in [2.24, 2.45) is 11.3 Å². The van der Waals surface area contributed by atoms with E-state index in [9.17, 15) is 0 Å². The molecule has 1 unspecified atom stereocenters. The van der Waals surface area contributed by atoms with Gasteiger partial charge < -0.3 is 24.8 Å². The molecule has 5 aromatic rings. The van der Waals surface area contributed by atoms with Crippen molar-refractivity contribution in [1.29, 1.82) is 0 Å². The summed E-state index contributed by atoms with van der Waals surface area (Å²) >= 11 is 1.46. The molecule has 46 heavy (non-hydrogen) atoms. The van der Waals surface area contributed by atoms with Crippen molar-refractivity contribution in [2.75, 3.05) is 0 Å². The second-order valence-electron chi connectivity index (χ2n) is 13.2. The van der Waals surface area contributed by atoms with E-state index in [1.807, 2.05) is 0 Å². The van der Waals surface area contributed by atoms with Gasteiger partial charge in [-0.2, -0.15) is 11.6 Å². The Hall–Kier alpha value is -2.44. The summed E-state index contributed by atoms with van der Waals surface area (Å²) in [7, 11) is 0. The van der Waals surface area contributed by atoms with Crippen LogP contribution in [0.15, 0.2) is 109 Å². The van der Waals surface area contributed by atoms with E-state index in [2.05, 4.69) is 165 Å². The molecule has 6 rings (SSSR count). The van der Waals surface area contributed by atoms with Gasteiger partial charge >= 0.3 is 99.2 Å². The zero-order valence-electron chi connectivity index (χ0n) is 28.8. The molecular weight excluding hydrogens is 679 g/mol. The molecule has 240 valence electrons. The molecule has 1 aliphatic carbocycles. The first-order valence-corrected chi connectivity index (χ1v) is 17.3. The van der Waals surface area contributed by atoms with Crippen molar-refractivity contribution in [2.45, 2.75) is 74.7 Å². The Kier molecular flexibility index (Phi) is 15.7. The quantitative estimate of drug-likeness (QED) is 0.198. The zero-order chi connectivity index (χ0) is 31.9. The second kappa shape index (κ2) is 18.2. The standard InChI is InChI=1S/C17H17.C13H10.C13H21.2ClH.Zr/c1-10-5-14-9-15-6-11(2)13(4)8-17(15)16(14)7-12(10)3;1-3-7-12(8-4-1)11-13-9-5-2-6-10-13;1-5-6-7-11-8-9-12(10-11)13(2,3)4;;;/h5-9H,1-4H3;1-10H;9-11H,5-7H2,1-4H3;2*1H;/q-1;;-1;;;+2/p-2. The van der Waals surface area contributed by atoms with Crippen molar-refractivity contribution in [3.05, 3.63) is 148 Å². The average molecular weight is 727 g/mol. The second-order valence-corrected chi connectivity index (χ2v) is 14.5. The van der Waals surface area contributed by atoms with Crippen molar-refractivity contribution in [3.8, 4) is 0 Å².